The number of aliphatic imine (C=N–C) groups is 1. The van der Waals surface area contributed by atoms with Crippen LogP contribution in [0.3, 0.4) is 0 Å². The van der Waals surface area contributed by atoms with Crippen LogP contribution in [0.1, 0.15) is 24.0 Å². The standard InChI is InChI=1S/C20H20Cl2N2O/c21-15-4-1-3-14(11-15)13-23-19-20(7-9-25-10-8-20)12-16-17(22)5-2-6-18(16)24-19/h1-6,11H,7-10,12-13H2,(H,23,24). The zero-order valence-corrected chi connectivity index (χ0v) is 15.4. The molecule has 0 aromatic heterocycles. The number of halogens is 2. The molecule has 0 unspecified atom stereocenters. The van der Waals surface area contributed by atoms with E-state index < -0.39 is 0 Å². The number of fused-ring (bicyclic) bond motifs is 1. The smallest absolute Gasteiger partial charge is 0.108 e. The first kappa shape index (κ1) is 16.9. The first-order valence-electron chi connectivity index (χ1n) is 8.58. The normalized spacial score (nSPS) is 20.3. The van der Waals surface area contributed by atoms with Crippen molar-refractivity contribution in [3.63, 3.8) is 0 Å². The fraction of sp³-hybridized carbons (Fsp3) is 0.350. The van der Waals surface area contributed by atoms with Gasteiger partial charge in [-0.05, 0) is 54.7 Å². The second-order valence-corrected chi connectivity index (χ2v) is 7.60. The summed E-state index contributed by atoms with van der Waals surface area (Å²) in [6, 6.07) is 13.9. The van der Waals surface area contributed by atoms with Gasteiger partial charge in [0, 0.05) is 34.4 Å². The topological polar surface area (TPSA) is 33.6 Å². The lowest BCUT2D eigenvalue weighted by Crippen LogP contribution is -2.46. The fourth-order valence-corrected chi connectivity index (χ4v) is 4.18. The Bertz CT molecular complexity index is 813. The molecule has 0 aliphatic carbocycles. The van der Waals surface area contributed by atoms with Gasteiger partial charge in [-0.25, -0.2) is 0 Å². The number of rotatable bonds is 2. The molecule has 2 heterocycles. The van der Waals surface area contributed by atoms with Crippen molar-refractivity contribution in [2.24, 2.45) is 10.4 Å². The molecule has 3 nitrogen and oxygen atoms in total. The van der Waals surface area contributed by atoms with Crippen LogP contribution < -0.4 is 5.32 Å². The van der Waals surface area contributed by atoms with E-state index in [1.807, 2.05) is 30.3 Å². The average molecular weight is 375 g/mol. The number of nitrogens with one attached hydrogen (secondary N) is 1. The Morgan fingerprint density at radius 3 is 2.68 bits per heavy atom. The zero-order valence-electron chi connectivity index (χ0n) is 13.9. The number of benzene rings is 2. The van der Waals surface area contributed by atoms with Gasteiger partial charge in [0.25, 0.3) is 0 Å². The van der Waals surface area contributed by atoms with Crippen molar-refractivity contribution < 1.29 is 4.74 Å². The first-order valence-corrected chi connectivity index (χ1v) is 9.33. The van der Waals surface area contributed by atoms with Gasteiger partial charge in [-0.15, -0.1) is 0 Å². The van der Waals surface area contributed by atoms with Crippen molar-refractivity contribution in [1.29, 1.82) is 0 Å². The van der Waals surface area contributed by atoms with Crippen LogP contribution in [0, 0.1) is 5.41 Å². The lowest BCUT2D eigenvalue weighted by atomic mass is 9.71. The van der Waals surface area contributed by atoms with Gasteiger partial charge in [-0.3, -0.25) is 4.99 Å². The Kier molecular flexibility index (Phi) is 4.72. The van der Waals surface area contributed by atoms with Crippen LogP contribution in [-0.4, -0.2) is 19.0 Å². The first-order chi connectivity index (χ1) is 12.2. The van der Waals surface area contributed by atoms with E-state index in [1.165, 1.54) is 5.56 Å². The predicted molar refractivity (Wildman–Crippen MR) is 104 cm³/mol. The van der Waals surface area contributed by atoms with Crippen molar-refractivity contribution in [2.75, 3.05) is 18.5 Å². The van der Waals surface area contributed by atoms with Crippen LogP contribution in [0.2, 0.25) is 10.0 Å². The fourth-order valence-electron chi connectivity index (χ4n) is 3.73. The van der Waals surface area contributed by atoms with Crippen LogP contribution in [-0.2, 0) is 17.7 Å². The minimum Gasteiger partial charge on any atom is -0.381 e. The maximum atomic E-state index is 6.46. The molecule has 4 rings (SSSR count). The Morgan fingerprint density at radius 1 is 1.08 bits per heavy atom. The van der Waals surface area contributed by atoms with Crippen molar-refractivity contribution >= 4 is 34.7 Å². The molecular weight excluding hydrogens is 355 g/mol. The molecule has 0 saturated carbocycles. The van der Waals surface area contributed by atoms with Gasteiger partial charge in [0.15, 0.2) is 0 Å². The molecule has 25 heavy (non-hydrogen) atoms. The van der Waals surface area contributed by atoms with E-state index in [2.05, 4.69) is 17.4 Å². The van der Waals surface area contributed by atoms with E-state index >= 15 is 0 Å². The quantitative estimate of drug-likeness (QED) is 0.767. The highest BCUT2D eigenvalue weighted by Gasteiger charge is 2.42. The average Bonchev–Trinajstić information content (AvgIpc) is 2.62. The third kappa shape index (κ3) is 3.41. The second kappa shape index (κ2) is 6.99. The van der Waals surface area contributed by atoms with Crippen LogP contribution in [0.25, 0.3) is 0 Å². The largest absolute Gasteiger partial charge is 0.381 e. The zero-order chi connectivity index (χ0) is 17.3. The van der Waals surface area contributed by atoms with E-state index in [-0.39, 0.29) is 5.41 Å². The maximum Gasteiger partial charge on any atom is 0.108 e. The highest BCUT2D eigenvalue weighted by Crippen LogP contribution is 2.43. The molecule has 1 saturated heterocycles. The van der Waals surface area contributed by atoms with Gasteiger partial charge >= 0.3 is 0 Å². The summed E-state index contributed by atoms with van der Waals surface area (Å²) >= 11 is 12.6. The van der Waals surface area contributed by atoms with E-state index in [4.69, 9.17) is 32.9 Å². The summed E-state index contributed by atoms with van der Waals surface area (Å²) in [5.41, 5.74) is 3.34. The van der Waals surface area contributed by atoms with Gasteiger partial charge < -0.3 is 10.1 Å². The summed E-state index contributed by atoms with van der Waals surface area (Å²) in [5.74, 6) is 1.05. The second-order valence-electron chi connectivity index (χ2n) is 6.76. The highest BCUT2D eigenvalue weighted by molar-refractivity contribution is 6.32. The van der Waals surface area contributed by atoms with Crippen molar-refractivity contribution in [2.45, 2.75) is 25.8 Å². The van der Waals surface area contributed by atoms with E-state index in [9.17, 15) is 0 Å². The summed E-state index contributed by atoms with van der Waals surface area (Å²) in [5, 5.41) is 5.13. The lowest BCUT2D eigenvalue weighted by molar-refractivity contribution is 0.0449. The minimum absolute atomic E-state index is 0.0190. The summed E-state index contributed by atoms with van der Waals surface area (Å²) in [4.78, 5) is 4.95. The Labute approximate surface area is 158 Å². The SMILES string of the molecule is Clc1cccc(CN=C2Nc3cccc(Cl)c3CC23CCOCC3)c1. The minimum atomic E-state index is -0.0190. The maximum absolute atomic E-state index is 6.46. The highest BCUT2D eigenvalue weighted by atomic mass is 35.5. The number of nitrogens with zero attached hydrogens (tertiary/aromatic N) is 1. The van der Waals surface area contributed by atoms with Gasteiger partial charge in [-0.2, -0.15) is 0 Å². The number of hydrogen-bond donors (Lipinski definition) is 1. The third-order valence-corrected chi connectivity index (χ3v) is 5.74. The molecule has 2 aromatic carbocycles. The van der Waals surface area contributed by atoms with Crippen LogP contribution in [0.5, 0.6) is 0 Å². The Morgan fingerprint density at radius 2 is 1.88 bits per heavy atom. The summed E-state index contributed by atoms with van der Waals surface area (Å²) < 4.78 is 5.61. The number of anilines is 1. The van der Waals surface area contributed by atoms with Crippen molar-refractivity contribution in [3.05, 3.63) is 63.6 Å². The predicted octanol–water partition coefficient (Wildman–Crippen LogP) is 5.36. The van der Waals surface area contributed by atoms with Crippen LogP contribution >= 0.6 is 23.2 Å². The third-order valence-electron chi connectivity index (χ3n) is 5.15. The van der Waals surface area contributed by atoms with Crippen molar-refractivity contribution in [1.82, 2.24) is 0 Å². The molecule has 1 spiro atoms. The van der Waals surface area contributed by atoms with Gasteiger partial charge in [0.05, 0.1) is 6.54 Å². The summed E-state index contributed by atoms with van der Waals surface area (Å²) in [6.45, 7) is 2.14. The Balaban J connectivity index is 1.69. The van der Waals surface area contributed by atoms with E-state index in [0.717, 1.165) is 59.6 Å². The van der Waals surface area contributed by atoms with E-state index in [0.29, 0.717) is 6.54 Å². The molecule has 130 valence electrons. The molecule has 0 radical (unpaired) electrons. The van der Waals surface area contributed by atoms with Gasteiger partial charge in [-0.1, -0.05) is 41.4 Å². The summed E-state index contributed by atoms with van der Waals surface area (Å²) in [6.07, 6.45) is 2.82. The van der Waals surface area contributed by atoms with E-state index in [1.54, 1.807) is 0 Å². The molecule has 1 N–H and O–H groups in total. The van der Waals surface area contributed by atoms with Crippen LogP contribution in [0.15, 0.2) is 47.5 Å². The number of amidine groups is 1. The molecule has 0 bridgehead atoms. The molecule has 2 aliphatic rings. The molecular formula is C20H20Cl2N2O. The number of hydrogen-bond acceptors (Lipinski definition) is 2. The molecule has 0 atom stereocenters. The monoisotopic (exact) mass is 374 g/mol. The molecule has 0 amide bonds. The van der Waals surface area contributed by atoms with Crippen LogP contribution in [0.4, 0.5) is 5.69 Å². The summed E-state index contributed by atoms with van der Waals surface area (Å²) in [7, 11) is 0. The Hall–Kier alpha value is -1.55. The van der Waals surface area contributed by atoms with Gasteiger partial charge in [0.1, 0.15) is 5.84 Å². The lowest BCUT2D eigenvalue weighted by Gasteiger charge is -2.42. The molecule has 1 fully saturated rings. The number of ether oxygens (including phenoxy) is 1. The molecule has 2 aliphatic heterocycles. The molecule has 5 heteroatoms. The molecule has 2 aromatic rings. The van der Waals surface area contributed by atoms with Gasteiger partial charge in [0.2, 0.25) is 0 Å². The van der Waals surface area contributed by atoms with Crippen molar-refractivity contribution in [3.8, 4) is 0 Å².